The number of carbonyl (C=O) groups excluding carboxylic acids is 2. The maximum absolute atomic E-state index is 12.6. The molecule has 1 N–H and O–H groups in total. The predicted octanol–water partition coefficient (Wildman–Crippen LogP) is 4.85. The molecule has 8 heteroatoms. The number of esters is 1. The predicted molar refractivity (Wildman–Crippen MR) is 98.2 cm³/mol. The molecule has 3 rings (SSSR count). The Morgan fingerprint density at radius 2 is 1.85 bits per heavy atom. The minimum atomic E-state index is -2.61. The highest BCUT2D eigenvalue weighted by Crippen LogP contribution is 2.31. The fourth-order valence-corrected chi connectivity index (χ4v) is 3.12. The van der Waals surface area contributed by atoms with Crippen LogP contribution in [0, 0.1) is 6.92 Å². The number of carbonyl (C=O) groups is 2. The van der Waals surface area contributed by atoms with Crippen LogP contribution in [0.15, 0.2) is 57.8 Å². The highest BCUT2D eigenvalue weighted by atomic mass is 32.2. The summed E-state index contributed by atoms with van der Waals surface area (Å²) in [6, 6.07) is 13.3. The van der Waals surface area contributed by atoms with E-state index in [1.54, 1.807) is 31.2 Å². The van der Waals surface area contributed by atoms with Crippen molar-refractivity contribution >= 4 is 40.3 Å². The normalized spacial score (nSPS) is 11.0. The number of fused-ring (bicyclic) bond motifs is 1. The lowest BCUT2D eigenvalue weighted by Crippen LogP contribution is -2.21. The van der Waals surface area contributed by atoms with Gasteiger partial charge in [0.05, 0.1) is 5.69 Å². The summed E-state index contributed by atoms with van der Waals surface area (Å²) in [5.74, 6) is -4.00. The molecule has 0 saturated carbocycles. The summed E-state index contributed by atoms with van der Waals surface area (Å²) in [7, 11) is 0. The van der Waals surface area contributed by atoms with E-state index in [4.69, 9.17) is 9.15 Å². The fourth-order valence-electron chi connectivity index (χ4n) is 2.52. The third-order valence-corrected chi connectivity index (χ3v) is 4.53. The van der Waals surface area contributed by atoms with Crippen molar-refractivity contribution in [1.29, 1.82) is 0 Å². The Hall–Kier alpha value is -2.87. The average Bonchev–Trinajstić information content (AvgIpc) is 2.98. The molecule has 0 atom stereocenters. The van der Waals surface area contributed by atoms with E-state index >= 15 is 0 Å². The Morgan fingerprint density at radius 3 is 2.59 bits per heavy atom. The number of nitrogens with one attached hydrogen (secondary N) is 1. The highest BCUT2D eigenvalue weighted by molar-refractivity contribution is 7.99. The lowest BCUT2D eigenvalue weighted by Gasteiger charge is -2.10. The van der Waals surface area contributed by atoms with Gasteiger partial charge in [-0.3, -0.25) is 4.79 Å². The SMILES string of the molecule is Cc1c(C(=O)OCC(=O)Nc2ccccc2SC(F)F)oc2ccccc12. The van der Waals surface area contributed by atoms with Crippen LogP contribution >= 0.6 is 11.8 Å². The molecule has 0 radical (unpaired) electrons. The number of anilines is 1. The minimum Gasteiger partial charge on any atom is -0.450 e. The molecule has 0 saturated heterocycles. The van der Waals surface area contributed by atoms with Gasteiger partial charge in [0.2, 0.25) is 5.76 Å². The van der Waals surface area contributed by atoms with E-state index in [0.717, 1.165) is 5.39 Å². The molecule has 0 unspecified atom stereocenters. The van der Waals surface area contributed by atoms with Crippen LogP contribution < -0.4 is 5.32 Å². The molecular weight excluding hydrogens is 376 g/mol. The second-order valence-electron chi connectivity index (χ2n) is 5.55. The van der Waals surface area contributed by atoms with Crippen molar-refractivity contribution in [3.63, 3.8) is 0 Å². The van der Waals surface area contributed by atoms with Crippen LogP contribution in [0.3, 0.4) is 0 Å². The number of rotatable bonds is 6. The monoisotopic (exact) mass is 391 g/mol. The van der Waals surface area contributed by atoms with Gasteiger partial charge in [0, 0.05) is 15.8 Å². The van der Waals surface area contributed by atoms with Crippen molar-refractivity contribution in [2.75, 3.05) is 11.9 Å². The second kappa shape index (κ2) is 8.22. The molecule has 0 bridgehead atoms. The number of alkyl halides is 2. The van der Waals surface area contributed by atoms with Crippen molar-refractivity contribution in [2.24, 2.45) is 0 Å². The summed E-state index contributed by atoms with van der Waals surface area (Å²) in [6.07, 6.45) is 0. The van der Waals surface area contributed by atoms with E-state index in [9.17, 15) is 18.4 Å². The molecule has 0 aliphatic heterocycles. The maximum atomic E-state index is 12.6. The Labute approximate surface area is 157 Å². The highest BCUT2D eigenvalue weighted by Gasteiger charge is 2.20. The van der Waals surface area contributed by atoms with Crippen LogP contribution in [0.1, 0.15) is 16.1 Å². The zero-order chi connectivity index (χ0) is 19.4. The summed E-state index contributed by atoms with van der Waals surface area (Å²) in [5.41, 5.74) is 1.39. The first-order chi connectivity index (χ1) is 13.0. The molecule has 0 aliphatic rings. The minimum absolute atomic E-state index is 0.0256. The molecular formula is C19H15F2NO4S. The molecule has 0 fully saturated rings. The number of amides is 1. The van der Waals surface area contributed by atoms with E-state index in [0.29, 0.717) is 22.9 Å². The summed E-state index contributed by atoms with van der Waals surface area (Å²) in [4.78, 5) is 24.5. The Kier molecular flexibility index (Phi) is 5.75. The van der Waals surface area contributed by atoms with Gasteiger partial charge in [-0.1, -0.05) is 42.1 Å². The van der Waals surface area contributed by atoms with E-state index in [-0.39, 0.29) is 16.3 Å². The largest absolute Gasteiger partial charge is 0.450 e. The average molecular weight is 391 g/mol. The van der Waals surface area contributed by atoms with Crippen LogP contribution in [0.25, 0.3) is 11.0 Å². The van der Waals surface area contributed by atoms with Crippen molar-refractivity contribution in [1.82, 2.24) is 0 Å². The van der Waals surface area contributed by atoms with E-state index in [1.807, 2.05) is 12.1 Å². The quantitative estimate of drug-likeness (QED) is 0.480. The Bertz CT molecular complexity index is 987. The van der Waals surface area contributed by atoms with Crippen LogP contribution in [0.2, 0.25) is 0 Å². The number of aryl methyl sites for hydroxylation is 1. The first-order valence-electron chi connectivity index (χ1n) is 7.94. The Morgan fingerprint density at radius 1 is 1.15 bits per heavy atom. The number of halogens is 2. The summed E-state index contributed by atoms with van der Waals surface area (Å²) < 4.78 is 35.6. The molecule has 1 heterocycles. The third-order valence-electron chi connectivity index (χ3n) is 3.74. The zero-order valence-electron chi connectivity index (χ0n) is 14.2. The van der Waals surface area contributed by atoms with Gasteiger partial charge in [-0.25, -0.2) is 4.79 Å². The van der Waals surface area contributed by atoms with E-state index in [1.165, 1.54) is 12.1 Å². The lowest BCUT2D eigenvalue weighted by molar-refractivity contribution is -0.119. The standard InChI is InChI=1S/C19H15F2NO4S/c1-11-12-6-2-4-8-14(12)26-17(11)18(24)25-10-16(23)22-13-7-3-5-9-15(13)27-19(20)21/h2-9,19H,10H2,1H3,(H,22,23). The van der Waals surface area contributed by atoms with Crippen molar-refractivity contribution in [3.05, 3.63) is 59.9 Å². The third kappa shape index (κ3) is 4.46. The molecule has 0 aliphatic carbocycles. The van der Waals surface area contributed by atoms with Crippen LogP contribution in [0.4, 0.5) is 14.5 Å². The van der Waals surface area contributed by atoms with Crippen LogP contribution in [0.5, 0.6) is 0 Å². The molecule has 27 heavy (non-hydrogen) atoms. The number of furan rings is 1. The molecule has 1 amide bonds. The van der Waals surface area contributed by atoms with Crippen LogP contribution in [-0.2, 0) is 9.53 Å². The van der Waals surface area contributed by atoms with Gasteiger partial charge in [-0.2, -0.15) is 8.78 Å². The topological polar surface area (TPSA) is 68.5 Å². The van der Waals surface area contributed by atoms with Gasteiger partial charge in [-0.15, -0.1) is 0 Å². The van der Waals surface area contributed by atoms with Crippen molar-refractivity contribution in [2.45, 2.75) is 17.6 Å². The Balaban J connectivity index is 1.64. The molecule has 3 aromatic rings. The summed E-state index contributed by atoms with van der Waals surface area (Å²) >= 11 is 0.322. The first kappa shape index (κ1) is 18.9. The lowest BCUT2D eigenvalue weighted by atomic mass is 10.1. The number of hydrogen-bond donors (Lipinski definition) is 1. The van der Waals surface area contributed by atoms with Crippen molar-refractivity contribution < 1.29 is 27.5 Å². The summed E-state index contributed by atoms with van der Waals surface area (Å²) in [5, 5.41) is 3.25. The maximum Gasteiger partial charge on any atom is 0.375 e. The number of thioether (sulfide) groups is 1. The molecule has 140 valence electrons. The first-order valence-corrected chi connectivity index (χ1v) is 8.82. The fraction of sp³-hybridized carbons (Fsp3) is 0.158. The molecule has 2 aromatic carbocycles. The number of benzene rings is 2. The van der Waals surface area contributed by atoms with Gasteiger partial charge in [0.25, 0.3) is 11.7 Å². The van der Waals surface area contributed by atoms with E-state index < -0.39 is 24.2 Å². The smallest absolute Gasteiger partial charge is 0.375 e. The summed E-state index contributed by atoms with van der Waals surface area (Å²) in [6.45, 7) is 1.16. The second-order valence-corrected chi connectivity index (χ2v) is 6.58. The number of ether oxygens (including phenoxy) is 1. The van der Waals surface area contributed by atoms with Gasteiger partial charge < -0.3 is 14.5 Å². The van der Waals surface area contributed by atoms with Gasteiger partial charge in [0.1, 0.15) is 5.58 Å². The zero-order valence-corrected chi connectivity index (χ0v) is 15.0. The van der Waals surface area contributed by atoms with Crippen LogP contribution in [-0.4, -0.2) is 24.2 Å². The van der Waals surface area contributed by atoms with Gasteiger partial charge in [0.15, 0.2) is 6.61 Å². The van der Waals surface area contributed by atoms with Gasteiger partial charge in [-0.05, 0) is 25.1 Å². The molecule has 5 nitrogen and oxygen atoms in total. The van der Waals surface area contributed by atoms with Crippen molar-refractivity contribution in [3.8, 4) is 0 Å². The number of hydrogen-bond acceptors (Lipinski definition) is 5. The van der Waals surface area contributed by atoms with E-state index in [2.05, 4.69) is 5.32 Å². The molecule has 0 spiro atoms. The number of para-hydroxylation sites is 2. The molecule has 1 aromatic heterocycles. The van der Waals surface area contributed by atoms with Gasteiger partial charge >= 0.3 is 5.97 Å².